The normalized spacial score (nSPS) is 10.8. The molecule has 0 fully saturated rings. The molecule has 1 nitrogen and oxygen atoms in total. The molecule has 0 unspecified atom stereocenters. The van der Waals surface area contributed by atoms with E-state index in [1.807, 2.05) is 0 Å². The Hall–Kier alpha value is -0.400. The Kier molecular flexibility index (Phi) is 2.66. The van der Waals surface area contributed by atoms with Gasteiger partial charge in [-0.25, -0.2) is 0 Å². The van der Waals surface area contributed by atoms with Gasteiger partial charge in [-0.05, 0) is 0 Å². The zero-order valence-corrected chi connectivity index (χ0v) is 4.08. The first-order chi connectivity index (χ1) is 3.62. The molecule has 0 bridgehead atoms. The van der Waals surface area contributed by atoms with E-state index >= 15 is 0 Å². The molecule has 0 aliphatic rings. The van der Waals surface area contributed by atoms with Gasteiger partial charge in [0.1, 0.15) is 0 Å². The first-order valence-electron chi connectivity index (χ1n) is 1.94. The van der Waals surface area contributed by atoms with E-state index in [4.69, 9.17) is 0 Å². The maximum absolute atomic E-state index is 11.6. The molecule has 8 heavy (non-hydrogen) atoms. The van der Waals surface area contributed by atoms with Crippen LogP contribution in [-0.4, -0.2) is 5.92 Å². The van der Waals surface area contributed by atoms with E-state index in [0.29, 0.717) is 6.15 Å². The second-order valence-electron chi connectivity index (χ2n) is 1.10. The van der Waals surface area contributed by atoms with Gasteiger partial charge in [0.15, 0.2) is 0 Å². The fraction of sp³-hybridized carbons (Fsp3) is 0.400. The van der Waals surface area contributed by atoms with Crippen LogP contribution in [0.5, 0.6) is 0 Å². The van der Waals surface area contributed by atoms with E-state index in [9.17, 15) is 13.4 Å². The van der Waals surface area contributed by atoms with E-state index in [0.717, 1.165) is 0 Å². The topological polar surface area (TPSA) is 19.9 Å². The molecule has 0 aromatic carbocycles. The van der Waals surface area contributed by atoms with Crippen molar-refractivity contribution in [2.75, 3.05) is 0 Å². The van der Waals surface area contributed by atoms with Crippen molar-refractivity contribution in [3.05, 3.63) is 13.3 Å². The zero-order chi connectivity index (χ0) is 6.62. The van der Waals surface area contributed by atoms with Crippen LogP contribution in [0.4, 0.5) is 8.78 Å². The molecule has 0 aromatic rings. The van der Waals surface area contributed by atoms with Gasteiger partial charge >= 0.3 is 45.3 Å². The Labute approximate surface area is 46.4 Å². The van der Waals surface area contributed by atoms with Crippen molar-refractivity contribution in [2.45, 2.75) is 12.3 Å². The standard InChI is InChI=1S/C5H4F2O/c1-2-3-5(6,7)4-8/h1-2H2. The average molecular weight is 118 g/mol. The molecule has 0 spiro atoms. The Morgan fingerprint density at radius 2 is 2.12 bits per heavy atom. The fourth-order valence-corrected chi connectivity index (χ4v) is 0.193. The van der Waals surface area contributed by atoms with Gasteiger partial charge < -0.3 is 0 Å². The summed E-state index contributed by atoms with van der Waals surface area (Å²) < 4.78 is 32.4. The van der Waals surface area contributed by atoms with E-state index in [-0.39, 0.29) is 6.42 Å². The fourth-order valence-electron chi connectivity index (χ4n) is 0.193. The molecule has 0 saturated carbocycles. The maximum atomic E-state index is 11.6. The van der Waals surface area contributed by atoms with E-state index < -0.39 is 5.92 Å². The Bertz CT molecular complexity index is 103. The van der Waals surface area contributed by atoms with Crippen molar-refractivity contribution < 1.29 is 13.4 Å². The summed E-state index contributed by atoms with van der Waals surface area (Å²) in [5.74, 6) is -3.53. The van der Waals surface area contributed by atoms with Crippen LogP contribution in [-0.2, 0) is 4.65 Å². The summed E-state index contributed by atoms with van der Waals surface area (Å²) in [7, 11) is 0. The molecule has 44 valence electrons. The Balaban J connectivity index is 3.59. The molecular formula is C5H4F2O. The minimum absolute atomic E-state index is 0.192. The molecule has 0 aliphatic heterocycles. The van der Waals surface area contributed by atoms with Gasteiger partial charge in [0.05, 0.1) is 0 Å². The minimum atomic E-state index is -3.53. The van der Waals surface area contributed by atoms with E-state index in [2.05, 4.69) is 6.92 Å². The summed E-state index contributed by atoms with van der Waals surface area (Å²) >= 11 is 0. The van der Waals surface area contributed by atoms with Crippen LogP contribution >= 0.6 is 0 Å². The summed E-state index contributed by atoms with van der Waals surface area (Å²) in [4.78, 5) is 0. The molecule has 0 N–H and O–H groups in total. The summed E-state index contributed by atoms with van der Waals surface area (Å²) in [5.41, 5.74) is 0. The molecule has 0 aromatic heterocycles. The Morgan fingerprint density at radius 3 is 2.25 bits per heavy atom. The molecule has 0 heterocycles. The second kappa shape index (κ2) is 2.80. The average Bonchev–Trinajstić information content (AvgIpc) is 1.67. The van der Waals surface area contributed by atoms with Gasteiger partial charge in [0.2, 0.25) is 0 Å². The van der Waals surface area contributed by atoms with Crippen molar-refractivity contribution in [1.82, 2.24) is 0 Å². The number of hydrogen-bond acceptors (Lipinski definition) is 0. The molecular weight excluding hydrogens is 114 g/mol. The van der Waals surface area contributed by atoms with Gasteiger partial charge in [0.25, 0.3) is 0 Å². The van der Waals surface area contributed by atoms with Crippen molar-refractivity contribution >= 4 is 0 Å². The third-order valence-corrected chi connectivity index (χ3v) is 0.475. The first kappa shape index (κ1) is 7.60. The summed E-state index contributed by atoms with van der Waals surface area (Å²) in [6.07, 6.45) is 1.82. The van der Waals surface area contributed by atoms with E-state index in [1.165, 1.54) is 6.42 Å². The molecule has 0 saturated heterocycles. The Morgan fingerprint density at radius 1 is 1.62 bits per heavy atom. The van der Waals surface area contributed by atoms with Crippen LogP contribution in [0.25, 0.3) is 0 Å². The molecule has 0 atom stereocenters. The second-order valence-corrected chi connectivity index (χ2v) is 1.10. The monoisotopic (exact) mass is 118 g/mol. The van der Waals surface area contributed by atoms with Crippen LogP contribution in [0.3, 0.4) is 0 Å². The number of rotatable bonds is 2. The van der Waals surface area contributed by atoms with Crippen LogP contribution in [0.15, 0.2) is 0 Å². The van der Waals surface area contributed by atoms with Crippen molar-refractivity contribution in [1.29, 1.82) is 0 Å². The van der Waals surface area contributed by atoms with Crippen molar-refractivity contribution in [3.8, 4) is 6.15 Å². The predicted octanol–water partition coefficient (Wildman–Crippen LogP) is 1.32. The molecule has 3 heteroatoms. The van der Waals surface area contributed by atoms with Crippen LogP contribution in [0, 0.1) is 19.5 Å². The molecule has 2 radical (unpaired) electrons. The summed E-state index contributed by atoms with van der Waals surface area (Å²) in [6, 6.07) is 0. The first-order valence-corrected chi connectivity index (χ1v) is 1.94. The summed E-state index contributed by atoms with van der Waals surface area (Å²) in [5, 5.41) is 0. The molecule has 0 aliphatic carbocycles. The summed E-state index contributed by atoms with van der Waals surface area (Å²) in [6.45, 7) is 3.05. The quantitative estimate of drug-likeness (QED) is 0.385. The van der Waals surface area contributed by atoms with Gasteiger partial charge in [0, 0.05) is 0 Å². The van der Waals surface area contributed by atoms with Crippen molar-refractivity contribution in [3.63, 3.8) is 0 Å². The van der Waals surface area contributed by atoms with Crippen molar-refractivity contribution in [2.24, 2.45) is 0 Å². The third-order valence-electron chi connectivity index (χ3n) is 0.475. The third kappa shape index (κ3) is 2.72. The van der Waals surface area contributed by atoms with Crippen LogP contribution < -0.4 is 0 Å². The van der Waals surface area contributed by atoms with Gasteiger partial charge in [-0.15, -0.1) is 0 Å². The van der Waals surface area contributed by atoms with Crippen LogP contribution in [0.1, 0.15) is 6.42 Å². The zero-order valence-electron chi connectivity index (χ0n) is 4.08. The van der Waals surface area contributed by atoms with E-state index in [1.54, 1.807) is 0 Å². The van der Waals surface area contributed by atoms with Gasteiger partial charge in [-0.2, -0.15) is 0 Å². The molecule has 0 rings (SSSR count). The number of alkyl halides is 2. The van der Waals surface area contributed by atoms with Gasteiger partial charge in [-0.1, -0.05) is 0 Å². The SMILES string of the molecule is [CH2-]C[C]C(F)(F)C#[O+]. The number of hydrogen-bond donors (Lipinski definition) is 0. The predicted molar refractivity (Wildman–Crippen MR) is 22.7 cm³/mol. The van der Waals surface area contributed by atoms with Crippen LogP contribution in [0.2, 0.25) is 0 Å². The van der Waals surface area contributed by atoms with Gasteiger partial charge in [-0.3, -0.25) is 0 Å². The number of halogens is 2. The molecule has 0 amide bonds.